The van der Waals surface area contributed by atoms with Crippen LogP contribution in [0.5, 0.6) is 0 Å². The van der Waals surface area contributed by atoms with Gasteiger partial charge in [-0.05, 0) is 198 Å². The van der Waals surface area contributed by atoms with E-state index >= 15 is 0 Å². The molecule has 0 spiro atoms. The Morgan fingerprint density at radius 1 is 0.373 bits per heavy atom. The number of nitrogens with zero attached hydrogens (tertiary/aromatic N) is 2. The molecule has 0 amide bonds. The SMILES string of the molecule is CC(C)(C)c1cc(N2c3cc(C(C)(C)C)ccc3B3c4ccc(C(C)(C)C)cc4N(c4cc(C(C)(C)C)cc(C(C)(C)C)c4)c4cc(C56CC7CC(CC(C7)C5)C6)cc2c43)cc(C(C)(C)C)c1. The molecule has 2 aliphatic heterocycles. The third-order valence-electron chi connectivity index (χ3n) is 17.3. The highest BCUT2D eigenvalue weighted by molar-refractivity contribution is 7.00. The molecular formula is C64H83BN2. The molecule has 4 bridgehead atoms. The number of rotatable bonds is 3. The molecule has 2 nitrogen and oxygen atoms in total. The Labute approximate surface area is 407 Å². The van der Waals surface area contributed by atoms with E-state index in [2.05, 4.69) is 219 Å². The first-order valence-electron chi connectivity index (χ1n) is 26.3. The summed E-state index contributed by atoms with van der Waals surface area (Å²) in [6.45, 7) is 43.1. The van der Waals surface area contributed by atoms with Gasteiger partial charge in [0, 0.05) is 34.1 Å². The van der Waals surface area contributed by atoms with Crippen LogP contribution in [-0.4, -0.2) is 6.71 Å². The van der Waals surface area contributed by atoms with E-state index in [4.69, 9.17) is 0 Å². The number of anilines is 6. The van der Waals surface area contributed by atoms with Crippen molar-refractivity contribution in [3.63, 3.8) is 0 Å². The summed E-state index contributed by atoms with van der Waals surface area (Å²) in [5, 5.41) is 0. The molecule has 4 aliphatic carbocycles. The Kier molecular flexibility index (Phi) is 10.3. The maximum Gasteiger partial charge on any atom is 0.252 e. The van der Waals surface area contributed by atoms with E-state index in [-0.39, 0.29) is 44.6 Å². The first-order valence-corrected chi connectivity index (χ1v) is 26.3. The molecule has 352 valence electrons. The highest BCUT2D eigenvalue weighted by Gasteiger charge is 2.53. The minimum absolute atomic E-state index is 0.0112. The summed E-state index contributed by atoms with van der Waals surface area (Å²) in [5.74, 6) is 2.54. The van der Waals surface area contributed by atoms with Gasteiger partial charge in [0.2, 0.25) is 0 Å². The van der Waals surface area contributed by atoms with Gasteiger partial charge < -0.3 is 9.80 Å². The predicted molar refractivity (Wildman–Crippen MR) is 293 cm³/mol. The maximum absolute atomic E-state index is 2.77. The van der Waals surface area contributed by atoms with Gasteiger partial charge >= 0.3 is 0 Å². The molecule has 0 unspecified atom stereocenters. The Bertz CT molecular complexity index is 2530. The highest BCUT2D eigenvalue weighted by Crippen LogP contribution is 2.62. The fraction of sp³-hybridized carbons (Fsp3) is 0.531. The molecule has 67 heavy (non-hydrogen) atoms. The van der Waals surface area contributed by atoms with Crippen LogP contribution in [0.3, 0.4) is 0 Å². The van der Waals surface area contributed by atoms with E-state index in [0.717, 1.165) is 17.8 Å². The molecule has 3 heteroatoms. The lowest BCUT2D eigenvalue weighted by Gasteiger charge is -2.57. The van der Waals surface area contributed by atoms with Gasteiger partial charge in [0.25, 0.3) is 6.71 Å². The maximum atomic E-state index is 2.77. The van der Waals surface area contributed by atoms with Gasteiger partial charge in [0.1, 0.15) is 0 Å². The van der Waals surface area contributed by atoms with Crippen molar-refractivity contribution in [2.45, 2.75) is 201 Å². The molecule has 0 N–H and O–H groups in total. The summed E-state index contributed by atoms with van der Waals surface area (Å²) in [4.78, 5) is 5.54. The summed E-state index contributed by atoms with van der Waals surface area (Å²) >= 11 is 0. The van der Waals surface area contributed by atoms with Crippen molar-refractivity contribution in [3.8, 4) is 0 Å². The lowest BCUT2D eigenvalue weighted by Crippen LogP contribution is -2.61. The second-order valence-corrected chi connectivity index (χ2v) is 28.8. The fourth-order valence-corrected chi connectivity index (χ4v) is 13.5. The molecule has 4 fully saturated rings. The smallest absolute Gasteiger partial charge is 0.252 e. The van der Waals surface area contributed by atoms with Gasteiger partial charge in [0.05, 0.1) is 0 Å². The highest BCUT2D eigenvalue weighted by atomic mass is 15.2. The van der Waals surface area contributed by atoms with Crippen molar-refractivity contribution >= 4 is 57.2 Å². The van der Waals surface area contributed by atoms with Crippen LogP contribution >= 0.6 is 0 Å². The van der Waals surface area contributed by atoms with Crippen LogP contribution in [0.2, 0.25) is 0 Å². The summed E-state index contributed by atoms with van der Waals surface area (Å²) in [7, 11) is 0. The number of hydrogen-bond acceptors (Lipinski definition) is 2. The molecule has 6 aliphatic rings. The first-order chi connectivity index (χ1) is 30.9. The standard InChI is InChI=1S/C64H83BN2/c1-58(2,3)42-19-21-51-53(32-42)66(49-28-44(60(7,8)9)26-45(29-49)61(10,11)12)55-34-48(64-36-39-23-40(37-64)25-41(24-39)38-64)35-56-57(55)65(51)52-22-20-43(59(4,5)6)33-54(52)67(56)50-30-46(62(13,14)15)27-47(31-50)63(16,17)18/h19-22,26-35,39-41H,23-25,36-38H2,1-18H3. The average molecular weight is 891 g/mol. The Hall–Kier alpha value is -4.24. The van der Waals surface area contributed by atoms with E-state index in [0.29, 0.717) is 0 Å². The monoisotopic (exact) mass is 891 g/mol. The van der Waals surface area contributed by atoms with Crippen molar-refractivity contribution < 1.29 is 0 Å². The zero-order valence-corrected chi connectivity index (χ0v) is 45.0. The second-order valence-electron chi connectivity index (χ2n) is 28.8. The molecule has 5 aromatic rings. The van der Waals surface area contributed by atoms with Crippen LogP contribution in [-0.2, 0) is 37.9 Å². The fourth-order valence-electron chi connectivity index (χ4n) is 13.5. The molecule has 5 aromatic carbocycles. The number of fused-ring (bicyclic) bond motifs is 4. The minimum Gasteiger partial charge on any atom is -0.311 e. The minimum atomic E-state index is -0.0196. The van der Waals surface area contributed by atoms with Crippen molar-refractivity contribution in [3.05, 3.63) is 124 Å². The van der Waals surface area contributed by atoms with E-state index in [1.807, 2.05) is 0 Å². The number of hydrogen-bond donors (Lipinski definition) is 0. The first kappa shape index (κ1) is 46.5. The topological polar surface area (TPSA) is 6.48 Å². The summed E-state index contributed by atoms with van der Waals surface area (Å²) < 4.78 is 0. The molecule has 0 saturated heterocycles. The molecular weight excluding hydrogens is 808 g/mol. The Balaban J connectivity index is 1.37. The molecule has 0 atom stereocenters. The van der Waals surface area contributed by atoms with Crippen LogP contribution in [0, 0.1) is 17.8 Å². The van der Waals surface area contributed by atoms with Crippen molar-refractivity contribution in [2.75, 3.05) is 9.80 Å². The van der Waals surface area contributed by atoms with Crippen LogP contribution in [0.1, 0.15) is 202 Å². The lowest BCUT2D eigenvalue weighted by atomic mass is 9.33. The largest absolute Gasteiger partial charge is 0.311 e. The van der Waals surface area contributed by atoms with Crippen molar-refractivity contribution in [1.29, 1.82) is 0 Å². The zero-order valence-electron chi connectivity index (χ0n) is 45.0. The van der Waals surface area contributed by atoms with Crippen molar-refractivity contribution in [1.82, 2.24) is 0 Å². The third kappa shape index (κ3) is 7.93. The molecule has 4 saturated carbocycles. The van der Waals surface area contributed by atoms with Gasteiger partial charge in [-0.25, -0.2) is 0 Å². The van der Waals surface area contributed by atoms with Gasteiger partial charge in [-0.2, -0.15) is 0 Å². The van der Waals surface area contributed by atoms with E-state index in [9.17, 15) is 0 Å². The van der Waals surface area contributed by atoms with Crippen LogP contribution in [0.25, 0.3) is 0 Å². The normalized spacial score (nSPS) is 22.5. The van der Waals surface area contributed by atoms with Crippen LogP contribution in [0.4, 0.5) is 34.1 Å². The van der Waals surface area contributed by atoms with Gasteiger partial charge in [0.15, 0.2) is 0 Å². The quantitative estimate of drug-likeness (QED) is 0.163. The lowest BCUT2D eigenvalue weighted by molar-refractivity contribution is -0.00514. The van der Waals surface area contributed by atoms with E-state index in [1.165, 1.54) is 122 Å². The van der Waals surface area contributed by atoms with Crippen molar-refractivity contribution in [2.24, 2.45) is 17.8 Å². The van der Waals surface area contributed by atoms with Gasteiger partial charge in [-0.15, -0.1) is 0 Å². The summed E-state index contributed by atoms with van der Waals surface area (Å²) in [5.41, 5.74) is 22.3. The van der Waals surface area contributed by atoms with Crippen LogP contribution < -0.4 is 26.2 Å². The predicted octanol–water partition coefficient (Wildman–Crippen LogP) is 16.0. The molecule has 11 rings (SSSR count). The molecule has 0 radical (unpaired) electrons. The Morgan fingerprint density at radius 2 is 0.687 bits per heavy atom. The van der Waals surface area contributed by atoms with Gasteiger partial charge in [-0.3, -0.25) is 0 Å². The number of benzene rings is 5. The Morgan fingerprint density at radius 3 is 0.985 bits per heavy atom. The van der Waals surface area contributed by atoms with Gasteiger partial charge in [-0.1, -0.05) is 161 Å². The molecule has 2 heterocycles. The summed E-state index contributed by atoms with van der Waals surface area (Å²) in [6, 6.07) is 35.9. The zero-order chi connectivity index (χ0) is 48.3. The molecule has 0 aromatic heterocycles. The van der Waals surface area contributed by atoms with E-state index < -0.39 is 0 Å². The van der Waals surface area contributed by atoms with E-state index in [1.54, 1.807) is 5.56 Å². The summed E-state index contributed by atoms with van der Waals surface area (Å²) in [6.07, 6.45) is 8.31. The van der Waals surface area contributed by atoms with Crippen LogP contribution in [0.15, 0.2) is 84.9 Å². The average Bonchev–Trinajstić information content (AvgIpc) is 3.20. The third-order valence-corrected chi connectivity index (χ3v) is 17.3. The second kappa shape index (κ2) is 14.9.